The summed E-state index contributed by atoms with van der Waals surface area (Å²) in [6.07, 6.45) is 0.833. The van der Waals surface area contributed by atoms with Crippen molar-refractivity contribution < 1.29 is 9.21 Å². The summed E-state index contributed by atoms with van der Waals surface area (Å²) < 4.78 is 5.72. The van der Waals surface area contributed by atoms with Gasteiger partial charge in [0.25, 0.3) is 5.91 Å². The minimum atomic E-state index is -0.626. The lowest BCUT2D eigenvalue weighted by Gasteiger charge is -2.37. The fraction of sp³-hybridized carbons (Fsp3) is 0.0833. The molecule has 0 bridgehead atoms. The number of fused-ring (bicyclic) bond motifs is 2. The monoisotopic (exact) mass is 382 g/mol. The molecule has 0 radical (unpaired) electrons. The number of anilines is 1. The van der Waals surface area contributed by atoms with Crippen LogP contribution in [0.1, 0.15) is 27.7 Å². The molecule has 0 saturated carbocycles. The lowest BCUT2D eigenvalue weighted by molar-refractivity contribution is 0.0664. The van der Waals surface area contributed by atoms with E-state index >= 15 is 0 Å². The highest BCUT2D eigenvalue weighted by Crippen LogP contribution is 2.33. The van der Waals surface area contributed by atoms with Gasteiger partial charge >= 0.3 is 0 Å². The molecule has 1 aliphatic heterocycles. The molecule has 142 valence electrons. The minimum absolute atomic E-state index is 0.124. The average Bonchev–Trinajstić information content (AvgIpc) is 2.77. The number of para-hydroxylation sites is 2. The van der Waals surface area contributed by atoms with Gasteiger partial charge in [0, 0.05) is 12.2 Å². The van der Waals surface area contributed by atoms with Gasteiger partial charge in [0.2, 0.25) is 0 Å². The molecular formula is C24H18N2O3. The molecule has 1 aromatic heterocycles. The van der Waals surface area contributed by atoms with Crippen LogP contribution >= 0.6 is 0 Å². The molecule has 3 aromatic carbocycles. The fourth-order valence-electron chi connectivity index (χ4n) is 3.76. The molecule has 0 saturated heterocycles. The molecule has 0 spiro atoms. The minimum Gasteiger partial charge on any atom is -0.464 e. The Labute approximate surface area is 167 Å². The molecule has 1 aliphatic rings. The second kappa shape index (κ2) is 6.95. The van der Waals surface area contributed by atoms with Crippen molar-refractivity contribution in [2.75, 3.05) is 5.32 Å². The second-order valence-electron chi connectivity index (χ2n) is 7.03. The van der Waals surface area contributed by atoms with Gasteiger partial charge in [-0.1, -0.05) is 54.6 Å². The van der Waals surface area contributed by atoms with E-state index in [1.807, 2.05) is 54.6 Å². The third-order valence-electron chi connectivity index (χ3n) is 5.22. The van der Waals surface area contributed by atoms with Crippen molar-refractivity contribution in [2.45, 2.75) is 12.7 Å². The van der Waals surface area contributed by atoms with Gasteiger partial charge in [0.1, 0.15) is 18.0 Å². The van der Waals surface area contributed by atoms with Gasteiger partial charge in [-0.3, -0.25) is 9.59 Å². The van der Waals surface area contributed by atoms with Crippen LogP contribution in [-0.2, 0) is 6.54 Å². The Kier molecular flexibility index (Phi) is 4.13. The molecular weight excluding hydrogens is 364 g/mol. The molecule has 1 atom stereocenters. The van der Waals surface area contributed by atoms with Crippen LogP contribution in [0.2, 0.25) is 0 Å². The maximum absolute atomic E-state index is 13.3. The van der Waals surface area contributed by atoms with E-state index in [-0.39, 0.29) is 11.3 Å². The summed E-state index contributed by atoms with van der Waals surface area (Å²) in [7, 11) is 0. The zero-order chi connectivity index (χ0) is 19.8. The lowest BCUT2D eigenvalue weighted by Crippen LogP contribution is -2.44. The second-order valence-corrected chi connectivity index (χ2v) is 7.03. The molecule has 5 heteroatoms. The Bertz CT molecular complexity index is 1260. The van der Waals surface area contributed by atoms with Crippen LogP contribution in [0.15, 0.2) is 94.3 Å². The third kappa shape index (κ3) is 2.97. The summed E-state index contributed by atoms with van der Waals surface area (Å²) >= 11 is 0. The number of rotatable bonds is 3. The normalized spacial score (nSPS) is 15.8. The first-order valence-electron chi connectivity index (χ1n) is 9.43. The topological polar surface area (TPSA) is 62.6 Å². The Morgan fingerprint density at radius 1 is 0.862 bits per heavy atom. The zero-order valence-electron chi connectivity index (χ0n) is 15.5. The maximum atomic E-state index is 13.3. The van der Waals surface area contributed by atoms with E-state index < -0.39 is 6.17 Å². The first-order valence-corrected chi connectivity index (χ1v) is 9.43. The van der Waals surface area contributed by atoms with Gasteiger partial charge in [-0.25, -0.2) is 0 Å². The number of nitrogens with zero attached hydrogens (tertiary/aromatic N) is 1. The van der Waals surface area contributed by atoms with E-state index in [9.17, 15) is 9.59 Å². The number of hydrogen-bond donors (Lipinski definition) is 1. The summed E-state index contributed by atoms with van der Waals surface area (Å²) in [5.74, 6) is -0.124. The van der Waals surface area contributed by atoms with Crippen LogP contribution in [0.4, 0.5) is 5.69 Å². The molecule has 2 heterocycles. The van der Waals surface area contributed by atoms with Gasteiger partial charge in [0.05, 0.1) is 16.5 Å². The van der Waals surface area contributed by atoms with Crippen LogP contribution in [0.5, 0.6) is 0 Å². The van der Waals surface area contributed by atoms with Crippen molar-refractivity contribution in [2.24, 2.45) is 0 Å². The van der Waals surface area contributed by atoms with E-state index in [2.05, 4.69) is 5.32 Å². The third-order valence-corrected chi connectivity index (χ3v) is 5.22. The first-order chi connectivity index (χ1) is 14.2. The summed E-state index contributed by atoms with van der Waals surface area (Å²) in [6.45, 7) is 0.373. The van der Waals surface area contributed by atoms with E-state index in [1.54, 1.807) is 29.2 Å². The Balaban J connectivity index is 1.65. The molecule has 5 rings (SSSR count). The van der Waals surface area contributed by atoms with E-state index in [4.69, 9.17) is 4.42 Å². The highest BCUT2D eigenvalue weighted by molar-refractivity contribution is 6.01. The highest BCUT2D eigenvalue weighted by Gasteiger charge is 2.34. The number of hydrogen-bond acceptors (Lipinski definition) is 4. The van der Waals surface area contributed by atoms with E-state index in [0.29, 0.717) is 34.3 Å². The van der Waals surface area contributed by atoms with Crippen molar-refractivity contribution in [3.63, 3.8) is 0 Å². The Hall–Kier alpha value is -3.86. The molecule has 5 nitrogen and oxygen atoms in total. The average molecular weight is 382 g/mol. The SMILES string of the molecule is O=C1c2ccccc2NC(c2coc3ccccc3c2=O)N1Cc1ccccc1. The van der Waals surface area contributed by atoms with Gasteiger partial charge in [-0.15, -0.1) is 0 Å². The molecule has 4 aromatic rings. The standard InChI is InChI=1S/C24H18N2O3/c27-22-18-11-5-7-13-21(18)29-15-19(22)23-25-20-12-6-4-10-17(20)24(28)26(23)14-16-8-2-1-3-9-16/h1-13,15,23,25H,14H2. The fourth-order valence-corrected chi connectivity index (χ4v) is 3.76. The van der Waals surface area contributed by atoms with Crippen molar-refractivity contribution in [1.29, 1.82) is 0 Å². The number of benzene rings is 3. The lowest BCUT2D eigenvalue weighted by atomic mass is 10.0. The Morgan fingerprint density at radius 2 is 1.59 bits per heavy atom. The highest BCUT2D eigenvalue weighted by atomic mass is 16.3. The van der Waals surface area contributed by atoms with Crippen molar-refractivity contribution in [1.82, 2.24) is 4.90 Å². The quantitative estimate of drug-likeness (QED) is 0.564. The smallest absolute Gasteiger partial charge is 0.258 e. The van der Waals surface area contributed by atoms with Crippen molar-refractivity contribution in [3.8, 4) is 0 Å². The number of nitrogens with one attached hydrogen (secondary N) is 1. The predicted molar refractivity (Wildman–Crippen MR) is 112 cm³/mol. The van der Waals surface area contributed by atoms with Crippen LogP contribution in [0, 0.1) is 0 Å². The number of carbonyl (C=O) groups excluding carboxylic acids is 1. The van der Waals surface area contributed by atoms with Crippen molar-refractivity contribution in [3.05, 3.63) is 112 Å². The van der Waals surface area contributed by atoms with Gasteiger partial charge in [0.15, 0.2) is 5.43 Å². The van der Waals surface area contributed by atoms with Crippen LogP contribution in [-0.4, -0.2) is 10.8 Å². The van der Waals surface area contributed by atoms with Crippen LogP contribution in [0.3, 0.4) is 0 Å². The molecule has 0 fully saturated rings. The number of carbonyl (C=O) groups is 1. The summed E-state index contributed by atoms with van der Waals surface area (Å²) in [4.78, 5) is 28.2. The van der Waals surface area contributed by atoms with Gasteiger partial charge < -0.3 is 14.6 Å². The van der Waals surface area contributed by atoms with Crippen LogP contribution in [0.25, 0.3) is 11.0 Å². The predicted octanol–water partition coefficient (Wildman–Crippen LogP) is 4.56. The van der Waals surface area contributed by atoms with E-state index in [1.165, 1.54) is 6.26 Å². The van der Waals surface area contributed by atoms with Crippen molar-refractivity contribution >= 4 is 22.6 Å². The van der Waals surface area contributed by atoms with Gasteiger partial charge in [-0.05, 0) is 29.8 Å². The Morgan fingerprint density at radius 3 is 2.45 bits per heavy atom. The summed E-state index contributed by atoms with van der Waals surface area (Å²) in [5.41, 5.74) is 3.07. The molecule has 1 N–H and O–H groups in total. The largest absolute Gasteiger partial charge is 0.464 e. The number of amides is 1. The first kappa shape index (κ1) is 17.3. The van der Waals surface area contributed by atoms with Gasteiger partial charge in [-0.2, -0.15) is 0 Å². The zero-order valence-corrected chi connectivity index (χ0v) is 15.5. The summed E-state index contributed by atoms with van der Waals surface area (Å²) in [5, 5.41) is 3.86. The maximum Gasteiger partial charge on any atom is 0.258 e. The van der Waals surface area contributed by atoms with Crippen LogP contribution < -0.4 is 10.7 Å². The van der Waals surface area contributed by atoms with E-state index in [0.717, 1.165) is 5.56 Å². The molecule has 1 amide bonds. The molecule has 1 unspecified atom stereocenters. The molecule has 29 heavy (non-hydrogen) atoms. The molecule has 0 aliphatic carbocycles. The summed E-state index contributed by atoms with van der Waals surface area (Å²) in [6, 6.07) is 24.2.